The summed E-state index contributed by atoms with van der Waals surface area (Å²) in [7, 11) is 0. The molecule has 0 saturated carbocycles. The monoisotopic (exact) mass is 285 g/mol. The number of aliphatic carboxylic acids is 1. The number of halogens is 1. The molecule has 4 nitrogen and oxygen atoms in total. The molecule has 0 aromatic heterocycles. The van der Waals surface area contributed by atoms with Crippen molar-refractivity contribution in [1.29, 1.82) is 0 Å². The van der Waals surface area contributed by atoms with Crippen molar-refractivity contribution in [2.75, 3.05) is 0 Å². The van der Waals surface area contributed by atoms with Gasteiger partial charge in [0.15, 0.2) is 0 Å². The van der Waals surface area contributed by atoms with Crippen LogP contribution in [0.5, 0.6) is 0 Å². The van der Waals surface area contributed by atoms with Crippen LogP contribution in [-0.2, 0) is 9.59 Å². The summed E-state index contributed by atoms with van der Waals surface area (Å²) >= 11 is 3.36. The third-order valence-corrected chi connectivity index (χ3v) is 3.12. The summed E-state index contributed by atoms with van der Waals surface area (Å²) in [6, 6.07) is 5.00. The van der Waals surface area contributed by atoms with E-state index in [0.717, 1.165) is 15.6 Å². The Morgan fingerprint density at radius 2 is 2.31 bits per heavy atom. The molecule has 0 aliphatic heterocycles. The molecule has 1 aromatic rings. The van der Waals surface area contributed by atoms with Crippen molar-refractivity contribution in [2.45, 2.75) is 19.4 Å². The van der Waals surface area contributed by atoms with E-state index in [1.807, 2.05) is 19.1 Å². The molecule has 1 rings (SSSR count). The summed E-state index contributed by atoms with van der Waals surface area (Å²) in [5, 5.41) is 11.2. The molecule has 0 heterocycles. The summed E-state index contributed by atoms with van der Waals surface area (Å²) in [6.45, 7) is 1.91. The second-order valence-corrected chi connectivity index (χ2v) is 4.30. The van der Waals surface area contributed by atoms with E-state index >= 15 is 0 Å². The van der Waals surface area contributed by atoms with E-state index in [2.05, 4.69) is 21.2 Å². The van der Waals surface area contributed by atoms with E-state index in [-0.39, 0.29) is 6.42 Å². The van der Waals surface area contributed by atoms with Gasteiger partial charge in [-0.15, -0.1) is 0 Å². The van der Waals surface area contributed by atoms with Crippen molar-refractivity contribution in [1.82, 2.24) is 5.32 Å². The summed E-state index contributed by atoms with van der Waals surface area (Å²) < 4.78 is 0.955. The highest BCUT2D eigenvalue weighted by Gasteiger charge is 2.15. The molecule has 0 unspecified atom stereocenters. The molecule has 0 aliphatic rings. The van der Waals surface area contributed by atoms with Crippen molar-refractivity contribution in [3.63, 3.8) is 0 Å². The van der Waals surface area contributed by atoms with Gasteiger partial charge in [-0.05, 0) is 24.1 Å². The molecule has 16 heavy (non-hydrogen) atoms. The Labute approximate surface area is 102 Å². The average Bonchev–Trinajstić information content (AvgIpc) is 2.21. The predicted molar refractivity (Wildman–Crippen MR) is 63.1 cm³/mol. The molecular formula is C11H12BrNO3. The topological polar surface area (TPSA) is 66.4 Å². The van der Waals surface area contributed by atoms with Gasteiger partial charge in [-0.1, -0.05) is 28.1 Å². The second-order valence-electron chi connectivity index (χ2n) is 3.44. The van der Waals surface area contributed by atoms with Crippen LogP contribution in [0.2, 0.25) is 0 Å². The lowest BCUT2D eigenvalue weighted by Crippen LogP contribution is -2.22. The number of carbonyl (C=O) groups excluding carboxylic acids is 1. The van der Waals surface area contributed by atoms with Gasteiger partial charge >= 0.3 is 5.97 Å². The lowest BCUT2D eigenvalue weighted by Gasteiger charge is -2.15. The minimum Gasteiger partial charge on any atom is -0.481 e. The van der Waals surface area contributed by atoms with Gasteiger partial charge < -0.3 is 10.4 Å². The van der Waals surface area contributed by atoms with E-state index in [4.69, 9.17) is 5.11 Å². The van der Waals surface area contributed by atoms with Gasteiger partial charge in [0.1, 0.15) is 0 Å². The molecule has 1 aromatic carbocycles. The van der Waals surface area contributed by atoms with Crippen LogP contribution in [0.1, 0.15) is 23.6 Å². The Morgan fingerprint density at radius 3 is 2.81 bits per heavy atom. The van der Waals surface area contributed by atoms with Crippen molar-refractivity contribution in [2.24, 2.45) is 0 Å². The van der Waals surface area contributed by atoms with Crippen LogP contribution in [-0.4, -0.2) is 17.5 Å². The second kappa shape index (κ2) is 5.65. The molecule has 0 spiro atoms. The summed E-state index contributed by atoms with van der Waals surface area (Å²) in [4.78, 5) is 21.1. The van der Waals surface area contributed by atoms with Crippen molar-refractivity contribution in [3.8, 4) is 0 Å². The summed E-state index contributed by atoms with van der Waals surface area (Å²) in [5.74, 6) is -0.945. The number of amides is 1. The molecule has 0 aliphatic carbocycles. The van der Waals surface area contributed by atoms with Crippen LogP contribution in [0, 0.1) is 6.92 Å². The minimum atomic E-state index is -0.945. The van der Waals surface area contributed by atoms with Crippen LogP contribution in [0.15, 0.2) is 22.7 Å². The SMILES string of the molecule is Cc1cc([C@H](CC(=O)O)NC=O)ccc1Br. The molecule has 0 radical (unpaired) electrons. The fourth-order valence-corrected chi connectivity index (χ4v) is 1.66. The number of benzene rings is 1. The summed E-state index contributed by atoms with van der Waals surface area (Å²) in [6.07, 6.45) is 0.394. The number of carboxylic acids is 1. The molecular weight excluding hydrogens is 274 g/mol. The number of aryl methyl sites for hydroxylation is 1. The van der Waals surface area contributed by atoms with Gasteiger partial charge in [0.05, 0.1) is 12.5 Å². The smallest absolute Gasteiger partial charge is 0.305 e. The average molecular weight is 286 g/mol. The molecule has 2 N–H and O–H groups in total. The first-order valence-corrected chi connectivity index (χ1v) is 5.51. The van der Waals surface area contributed by atoms with Crippen molar-refractivity contribution >= 4 is 28.3 Å². The highest BCUT2D eigenvalue weighted by molar-refractivity contribution is 9.10. The van der Waals surface area contributed by atoms with E-state index in [1.54, 1.807) is 6.07 Å². The van der Waals surface area contributed by atoms with E-state index in [1.165, 1.54) is 0 Å². The molecule has 86 valence electrons. The molecule has 5 heteroatoms. The third-order valence-electron chi connectivity index (χ3n) is 2.23. The predicted octanol–water partition coefficient (Wildman–Crippen LogP) is 2.02. The lowest BCUT2D eigenvalue weighted by molar-refractivity contribution is -0.137. The fourth-order valence-electron chi connectivity index (χ4n) is 1.41. The normalized spacial score (nSPS) is 11.9. The largest absolute Gasteiger partial charge is 0.481 e. The van der Waals surface area contributed by atoms with Gasteiger partial charge in [0, 0.05) is 4.47 Å². The quantitative estimate of drug-likeness (QED) is 0.814. The van der Waals surface area contributed by atoms with Crippen molar-refractivity contribution in [3.05, 3.63) is 33.8 Å². The molecule has 1 atom stereocenters. The first kappa shape index (κ1) is 12.7. The molecule has 0 fully saturated rings. The van der Waals surface area contributed by atoms with Crippen LogP contribution in [0.25, 0.3) is 0 Å². The first-order valence-electron chi connectivity index (χ1n) is 4.72. The zero-order valence-corrected chi connectivity index (χ0v) is 10.3. The zero-order chi connectivity index (χ0) is 12.1. The zero-order valence-electron chi connectivity index (χ0n) is 8.74. The molecule has 1 amide bonds. The molecule has 0 bridgehead atoms. The number of rotatable bonds is 5. The van der Waals surface area contributed by atoms with Gasteiger partial charge in [-0.2, -0.15) is 0 Å². The Balaban J connectivity index is 2.95. The Bertz CT molecular complexity index is 406. The lowest BCUT2D eigenvalue weighted by atomic mass is 10.0. The van der Waals surface area contributed by atoms with E-state index in [0.29, 0.717) is 6.41 Å². The summed E-state index contributed by atoms with van der Waals surface area (Å²) in [5.41, 5.74) is 1.79. The van der Waals surface area contributed by atoms with Gasteiger partial charge in [-0.3, -0.25) is 9.59 Å². The standard InChI is InChI=1S/C11H12BrNO3/c1-7-4-8(2-3-9(7)12)10(13-6-14)5-11(15)16/h2-4,6,10H,5H2,1H3,(H,13,14)(H,15,16)/t10-/m0/s1. The maximum absolute atomic E-state index is 10.6. The van der Waals surface area contributed by atoms with Crippen LogP contribution < -0.4 is 5.32 Å². The fraction of sp³-hybridized carbons (Fsp3) is 0.273. The Hall–Kier alpha value is -1.36. The van der Waals surface area contributed by atoms with Crippen molar-refractivity contribution < 1.29 is 14.7 Å². The van der Waals surface area contributed by atoms with Gasteiger partial charge in [-0.25, -0.2) is 0 Å². The first-order chi connectivity index (χ1) is 7.54. The number of nitrogens with one attached hydrogen (secondary N) is 1. The van der Waals surface area contributed by atoms with Gasteiger partial charge in [0.2, 0.25) is 6.41 Å². The highest BCUT2D eigenvalue weighted by atomic mass is 79.9. The van der Waals surface area contributed by atoms with Crippen LogP contribution in [0.4, 0.5) is 0 Å². The van der Waals surface area contributed by atoms with Crippen LogP contribution in [0.3, 0.4) is 0 Å². The highest BCUT2D eigenvalue weighted by Crippen LogP contribution is 2.22. The Morgan fingerprint density at radius 1 is 1.62 bits per heavy atom. The van der Waals surface area contributed by atoms with E-state index < -0.39 is 12.0 Å². The number of hydrogen-bond donors (Lipinski definition) is 2. The maximum atomic E-state index is 10.6. The number of hydrogen-bond acceptors (Lipinski definition) is 2. The van der Waals surface area contributed by atoms with E-state index in [9.17, 15) is 9.59 Å². The van der Waals surface area contributed by atoms with Gasteiger partial charge in [0.25, 0.3) is 0 Å². The number of carbonyl (C=O) groups is 2. The molecule has 0 saturated heterocycles. The minimum absolute atomic E-state index is 0.125. The maximum Gasteiger partial charge on any atom is 0.305 e. The number of carboxylic acid groups (broad SMARTS) is 1. The van der Waals surface area contributed by atoms with Crippen LogP contribution >= 0.6 is 15.9 Å². The third kappa shape index (κ3) is 3.34. The Kier molecular flexibility index (Phi) is 4.49.